The molecule has 2 rings (SSSR count). The summed E-state index contributed by atoms with van der Waals surface area (Å²) in [6, 6.07) is 10.4. The zero-order valence-electron chi connectivity index (χ0n) is 15.5. The minimum atomic E-state index is -0.974. The first-order valence-electron chi connectivity index (χ1n) is 9.21. The molecule has 5 heteroatoms. The summed E-state index contributed by atoms with van der Waals surface area (Å²) < 4.78 is 0. The molecule has 0 aromatic heterocycles. The lowest BCUT2D eigenvalue weighted by molar-refractivity contribution is 0.0697. The highest BCUT2D eigenvalue weighted by Gasteiger charge is 2.08. The molecular formula is C21H27N3O2. The molecule has 0 amide bonds. The zero-order valence-corrected chi connectivity index (χ0v) is 15.5. The molecule has 26 heavy (non-hydrogen) atoms. The van der Waals surface area contributed by atoms with Crippen LogP contribution < -0.4 is 5.73 Å². The SMILES string of the molecule is CCCCc1cc(N=Nc2cccc(C(=O)O)c2)cc(CCCC)c1N. The number of azo groups is 1. The monoisotopic (exact) mass is 353 g/mol. The van der Waals surface area contributed by atoms with E-state index >= 15 is 0 Å². The van der Waals surface area contributed by atoms with Crippen LogP contribution in [0.1, 0.15) is 61.0 Å². The van der Waals surface area contributed by atoms with Crippen molar-refractivity contribution in [2.75, 3.05) is 5.73 Å². The number of hydrogen-bond acceptors (Lipinski definition) is 4. The summed E-state index contributed by atoms with van der Waals surface area (Å²) >= 11 is 0. The van der Waals surface area contributed by atoms with E-state index in [9.17, 15) is 4.79 Å². The van der Waals surface area contributed by atoms with Gasteiger partial charge in [0.1, 0.15) is 0 Å². The number of hydrogen-bond donors (Lipinski definition) is 2. The number of carboxylic acid groups (broad SMARTS) is 1. The quantitative estimate of drug-likeness (QED) is 0.424. The van der Waals surface area contributed by atoms with Gasteiger partial charge < -0.3 is 10.8 Å². The van der Waals surface area contributed by atoms with Gasteiger partial charge in [0.25, 0.3) is 0 Å². The highest BCUT2D eigenvalue weighted by atomic mass is 16.4. The molecule has 0 saturated carbocycles. The van der Waals surface area contributed by atoms with E-state index in [0.717, 1.165) is 61.0 Å². The summed E-state index contributed by atoms with van der Waals surface area (Å²) in [5, 5.41) is 17.6. The van der Waals surface area contributed by atoms with Gasteiger partial charge in [-0.1, -0.05) is 32.8 Å². The van der Waals surface area contributed by atoms with Crippen LogP contribution in [-0.4, -0.2) is 11.1 Å². The number of aryl methyl sites for hydroxylation is 2. The van der Waals surface area contributed by atoms with E-state index in [1.54, 1.807) is 12.1 Å². The molecule has 0 heterocycles. The Morgan fingerprint density at radius 3 is 2.08 bits per heavy atom. The van der Waals surface area contributed by atoms with Crippen molar-refractivity contribution in [1.82, 2.24) is 0 Å². The van der Waals surface area contributed by atoms with E-state index in [1.807, 2.05) is 12.1 Å². The van der Waals surface area contributed by atoms with Crippen LogP contribution in [0.15, 0.2) is 46.6 Å². The van der Waals surface area contributed by atoms with Crippen LogP contribution in [0.4, 0.5) is 17.1 Å². The molecule has 0 spiro atoms. The maximum absolute atomic E-state index is 11.1. The average molecular weight is 353 g/mol. The molecule has 138 valence electrons. The van der Waals surface area contributed by atoms with E-state index < -0.39 is 5.97 Å². The predicted molar refractivity (Wildman–Crippen MR) is 106 cm³/mol. The van der Waals surface area contributed by atoms with Gasteiger partial charge in [-0.3, -0.25) is 0 Å². The third kappa shape index (κ3) is 5.41. The maximum Gasteiger partial charge on any atom is 0.335 e. The van der Waals surface area contributed by atoms with E-state index in [-0.39, 0.29) is 5.56 Å². The van der Waals surface area contributed by atoms with Gasteiger partial charge in [-0.15, -0.1) is 0 Å². The van der Waals surface area contributed by atoms with E-state index in [4.69, 9.17) is 10.8 Å². The molecule has 0 unspecified atom stereocenters. The molecule has 0 bridgehead atoms. The summed E-state index contributed by atoms with van der Waals surface area (Å²) in [5.74, 6) is -0.974. The number of nitrogens with two attached hydrogens (primary N) is 1. The van der Waals surface area contributed by atoms with Crippen LogP contribution in [-0.2, 0) is 12.8 Å². The molecule has 2 aromatic carbocycles. The molecular weight excluding hydrogens is 326 g/mol. The summed E-state index contributed by atoms with van der Waals surface area (Å²) in [6.07, 6.45) is 6.24. The fourth-order valence-electron chi connectivity index (χ4n) is 2.78. The molecule has 3 N–H and O–H groups in total. The van der Waals surface area contributed by atoms with Gasteiger partial charge in [0.05, 0.1) is 16.9 Å². The van der Waals surface area contributed by atoms with Gasteiger partial charge in [0.2, 0.25) is 0 Å². The topological polar surface area (TPSA) is 88.0 Å². The minimum absolute atomic E-state index is 0.200. The van der Waals surface area contributed by atoms with Gasteiger partial charge in [-0.2, -0.15) is 10.2 Å². The van der Waals surface area contributed by atoms with Crippen molar-refractivity contribution in [3.63, 3.8) is 0 Å². The van der Waals surface area contributed by atoms with Gasteiger partial charge in [0.15, 0.2) is 0 Å². The van der Waals surface area contributed by atoms with Crippen LogP contribution >= 0.6 is 0 Å². The minimum Gasteiger partial charge on any atom is -0.478 e. The third-order valence-corrected chi connectivity index (χ3v) is 4.31. The van der Waals surface area contributed by atoms with Crippen molar-refractivity contribution in [1.29, 1.82) is 0 Å². The number of carboxylic acids is 1. The summed E-state index contributed by atoms with van der Waals surface area (Å²) in [6.45, 7) is 4.32. The Hall–Kier alpha value is -2.69. The standard InChI is InChI=1S/C21H27N3O2/c1-3-5-8-15-12-19(13-16(20(15)22)9-6-4-2)24-23-18-11-7-10-17(14-18)21(25)26/h7,10-14H,3-6,8-9,22H2,1-2H3,(H,25,26). The Balaban J connectivity index is 2.31. The maximum atomic E-state index is 11.1. The molecule has 0 aliphatic rings. The van der Waals surface area contributed by atoms with Crippen molar-refractivity contribution in [2.45, 2.75) is 52.4 Å². The van der Waals surface area contributed by atoms with Crippen LogP contribution in [0.3, 0.4) is 0 Å². The average Bonchev–Trinajstić information content (AvgIpc) is 2.65. The molecule has 0 aliphatic heterocycles. The lowest BCUT2D eigenvalue weighted by atomic mass is 9.98. The summed E-state index contributed by atoms with van der Waals surface area (Å²) in [5.41, 5.74) is 11.0. The largest absolute Gasteiger partial charge is 0.478 e. The zero-order chi connectivity index (χ0) is 18.9. The van der Waals surface area contributed by atoms with Gasteiger partial charge in [0, 0.05) is 5.69 Å². The Morgan fingerprint density at radius 1 is 0.962 bits per heavy atom. The molecule has 0 saturated heterocycles. The van der Waals surface area contributed by atoms with Crippen molar-refractivity contribution in [3.8, 4) is 0 Å². The van der Waals surface area contributed by atoms with E-state index in [2.05, 4.69) is 24.1 Å². The predicted octanol–water partition coefficient (Wildman–Crippen LogP) is 6.07. The van der Waals surface area contributed by atoms with Crippen LogP contribution in [0.5, 0.6) is 0 Å². The third-order valence-electron chi connectivity index (χ3n) is 4.31. The highest BCUT2D eigenvalue weighted by Crippen LogP contribution is 2.29. The normalized spacial score (nSPS) is 11.2. The lowest BCUT2D eigenvalue weighted by Gasteiger charge is -2.12. The second-order valence-corrected chi connectivity index (χ2v) is 6.44. The number of unbranched alkanes of at least 4 members (excludes halogenated alkanes) is 2. The molecule has 5 nitrogen and oxygen atoms in total. The van der Waals surface area contributed by atoms with Crippen LogP contribution in [0.25, 0.3) is 0 Å². The van der Waals surface area contributed by atoms with Gasteiger partial charge in [-0.25, -0.2) is 4.79 Å². The Bertz CT molecular complexity index is 756. The Kier molecular flexibility index (Phi) is 7.33. The second-order valence-electron chi connectivity index (χ2n) is 6.44. The number of aromatic carboxylic acids is 1. The van der Waals surface area contributed by atoms with E-state index in [0.29, 0.717) is 5.69 Å². The van der Waals surface area contributed by atoms with Crippen molar-refractivity contribution in [3.05, 3.63) is 53.1 Å². The van der Waals surface area contributed by atoms with Crippen molar-refractivity contribution < 1.29 is 9.90 Å². The number of anilines is 1. The fraction of sp³-hybridized carbons (Fsp3) is 0.381. The molecule has 0 fully saturated rings. The molecule has 0 aliphatic carbocycles. The number of rotatable bonds is 9. The van der Waals surface area contributed by atoms with E-state index in [1.165, 1.54) is 12.1 Å². The summed E-state index contributed by atoms with van der Waals surface area (Å²) in [4.78, 5) is 11.1. The summed E-state index contributed by atoms with van der Waals surface area (Å²) in [7, 11) is 0. The molecule has 0 radical (unpaired) electrons. The van der Waals surface area contributed by atoms with Crippen molar-refractivity contribution in [2.24, 2.45) is 10.2 Å². The Morgan fingerprint density at radius 2 is 1.54 bits per heavy atom. The van der Waals surface area contributed by atoms with Crippen LogP contribution in [0.2, 0.25) is 0 Å². The lowest BCUT2D eigenvalue weighted by Crippen LogP contribution is -2.00. The number of nitrogen functional groups attached to an aromatic ring is 1. The molecule has 2 aromatic rings. The van der Waals surface area contributed by atoms with Gasteiger partial charge in [-0.05, 0) is 67.1 Å². The number of benzene rings is 2. The molecule has 0 atom stereocenters. The highest BCUT2D eigenvalue weighted by molar-refractivity contribution is 5.88. The second kappa shape index (κ2) is 9.70. The first kappa shape index (κ1) is 19.6. The first-order chi connectivity index (χ1) is 12.5. The number of nitrogens with zero attached hydrogens (tertiary/aromatic N) is 2. The van der Waals surface area contributed by atoms with Crippen molar-refractivity contribution >= 4 is 23.0 Å². The fourth-order valence-corrected chi connectivity index (χ4v) is 2.78. The van der Waals surface area contributed by atoms with Crippen LogP contribution in [0, 0.1) is 0 Å². The number of carbonyl (C=O) groups is 1. The van der Waals surface area contributed by atoms with Gasteiger partial charge >= 0.3 is 5.97 Å². The Labute approximate surface area is 155 Å². The smallest absolute Gasteiger partial charge is 0.335 e. The first-order valence-corrected chi connectivity index (χ1v) is 9.21.